The Labute approximate surface area is 191 Å². The van der Waals surface area contributed by atoms with E-state index in [4.69, 9.17) is 9.47 Å². The number of rotatable bonds is 9. The summed E-state index contributed by atoms with van der Waals surface area (Å²) in [5, 5.41) is 8.59. The Morgan fingerprint density at radius 3 is 2.56 bits per heavy atom. The van der Waals surface area contributed by atoms with Gasteiger partial charge in [0.15, 0.2) is 11.5 Å². The lowest BCUT2D eigenvalue weighted by Crippen LogP contribution is -2.34. The van der Waals surface area contributed by atoms with Crippen LogP contribution in [0.1, 0.15) is 37.8 Å². The van der Waals surface area contributed by atoms with Gasteiger partial charge >= 0.3 is 5.24 Å². The Bertz CT molecular complexity index is 997. The number of anilines is 1. The van der Waals surface area contributed by atoms with Gasteiger partial charge in [-0.25, -0.2) is 9.40 Å². The summed E-state index contributed by atoms with van der Waals surface area (Å²) in [5.74, 6) is 0.644. The maximum absolute atomic E-state index is 12.8. The van der Waals surface area contributed by atoms with Crippen molar-refractivity contribution in [3.8, 4) is 11.5 Å². The molecule has 1 atom stereocenters. The molecule has 0 saturated heterocycles. The van der Waals surface area contributed by atoms with Crippen molar-refractivity contribution in [2.75, 3.05) is 19.3 Å². The molecule has 1 unspecified atom stereocenters. The molecule has 2 aromatic rings. The summed E-state index contributed by atoms with van der Waals surface area (Å²) >= 11 is 1.21. The van der Waals surface area contributed by atoms with Gasteiger partial charge in [0.2, 0.25) is 12.8 Å². The maximum atomic E-state index is 12.8. The van der Waals surface area contributed by atoms with Gasteiger partial charge in [-0.05, 0) is 42.3 Å². The van der Waals surface area contributed by atoms with Crippen LogP contribution in [0.3, 0.4) is 0 Å². The molecule has 3 rings (SSSR count). The molecule has 32 heavy (non-hydrogen) atoms. The van der Waals surface area contributed by atoms with Crippen molar-refractivity contribution < 1.29 is 23.5 Å². The second-order valence-electron chi connectivity index (χ2n) is 7.04. The third-order valence-electron chi connectivity index (χ3n) is 4.92. The van der Waals surface area contributed by atoms with Crippen LogP contribution in [0, 0.1) is 0 Å². The Morgan fingerprint density at radius 2 is 1.94 bits per heavy atom. The number of carbonyl (C=O) groups excluding carboxylic acids is 2. The molecule has 1 N–H and O–H groups in total. The predicted octanol–water partition coefficient (Wildman–Crippen LogP) is 5.20. The number of amides is 2. The van der Waals surface area contributed by atoms with Gasteiger partial charge in [0.05, 0.1) is 24.6 Å². The highest BCUT2D eigenvalue weighted by atomic mass is 32.2. The van der Waals surface area contributed by atoms with Gasteiger partial charge in [0, 0.05) is 17.7 Å². The molecule has 7 nitrogen and oxygen atoms in total. The lowest BCUT2D eigenvalue weighted by Gasteiger charge is -2.28. The van der Waals surface area contributed by atoms with Gasteiger partial charge < -0.3 is 14.8 Å². The van der Waals surface area contributed by atoms with Gasteiger partial charge in [0.25, 0.3) is 0 Å². The SMILES string of the molecule is CCC(=O)Nc1ccc(CN2N=C(c3ccc(OC)c(OCF)c3)C(CC)SC2=O)cc1. The van der Waals surface area contributed by atoms with Crippen LogP contribution in [0.4, 0.5) is 14.9 Å². The summed E-state index contributed by atoms with van der Waals surface area (Å²) in [6, 6.07) is 12.5. The van der Waals surface area contributed by atoms with Crippen molar-refractivity contribution in [1.29, 1.82) is 0 Å². The minimum Gasteiger partial charge on any atom is -0.493 e. The normalized spacial score (nSPS) is 15.9. The summed E-state index contributed by atoms with van der Waals surface area (Å²) in [6.45, 7) is 3.09. The Balaban J connectivity index is 1.86. The van der Waals surface area contributed by atoms with Gasteiger partial charge in [-0.15, -0.1) is 0 Å². The van der Waals surface area contributed by atoms with E-state index in [0.29, 0.717) is 24.3 Å². The lowest BCUT2D eigenvalue weighted by atomic mass is 10.0. The number of hydrazone groups is 1. The van der Waals surface area contributed by atoms with Gasteiger partial charge in [-0.1, -0.05) is 37.7 Å². The Kier molecular flexibility index (Phi) is 8.10. The number of thioether (sulfide) groups is 1. The van der Waals surface area contributed by atoms with Gasteiger partial charge in [0.1, 0.15) is 0 Å². The average Bonchev–Trinajstić information content (AvgIpc) is 2.81. The van der Waals surface area contributed by atoms with Crippen molar-refractivity contribution >= 4 is 34.3 Å². The lowest BCUT2D eigenvalue weighted by molar-refractivity contribution is -0.115. The topological polar surface area (TPSA) is 80.2 Å². The molecule has 2 aromatic carbocycles. The third-order valence-corrected chi connectivity index (χ3v) is 6.17. The molecule has 9 heteroatoms. The van der Waals surface area contributed by atoms with E-state index in [2.05, 4.69) is 10.4 Å². The minimum absolute atomic E-state index is 0.0594. The van der Waals surface area contributed by atoms with Crippen LogP contribution in [-0.2, 0) is 11.3 Å². The highest BCUT2D eigenvalue weighted by molar-refractivity contribution is 8.14. The van der Waals surface area contributed by atoms with Crippen molar-refractivity contribution in [1.82, 2.24) is 5.01 Å². The summed E-state index contributed by atoms with van der Waals surface area (Å²) < 4.78 is 23.1. The highest BCUT2D eigenvalue weighted by Gasteiger charge is 2.30. The molecule has 0 fully saturated rings. The molecule has 0 saturated carbocycles. The molecule has 0 aliphatic carbocycles. The highest BCUT2D eigenvalue weighted by Crippen LogP contribution is 2.34. The molecule has 0 radical (unpaired) electrons. The van der Waals surface area contributed by atoms with E-state index >= 15 is 0 Å². The number of benzene rings is 2. The summed E-state index contributed by atoms with van der Waals surface area (Å²) in [4.78, 5) is 24.2. The van der Waals surface area contributed by atoms with Crippen LogP contribution in [0.5, 0.6) is 11.5 Å². The molecule has 0 spiro atoms. The van der Waals surface area contributed by atoms with Gasteiger partial charge in [-0.3, -0.25) is 9.59 Å². The number of alkyl halides is 1. The molecule has 1 aliphatic rings. The second-order valence-corrected chi connectivity index (χ2v) is 8.20. The van der Waals surface area contributed by atoms with Crippen LogP contribution in [0.2, 0.25) is 0 Å². The fourth-order valence-corrected chi connectivity index (χ4v) is 4.15. The maximum Gasteiger partial charge on any atom is 0.302 e. The quantitative estimate of drug-likeness (QED) is 0.557. The number of methoxy groups -OCH3 is 1. The predicted molar refractivity (Wildman–Crippen MR) is 124 cm³/mol. The van der Waals surface area contributed by atoms with E-state index in [9.17, 15) is 14.0 Å². The first kappa shape index (κ1) is 23.6. The first-order valence-electron chi connectivity index (χ1n) is 10.3. The molecule has 170 valence electrons. The van der Waals surface area contributed by atoms with E-state index in [0.717, 1.165) is 16.8 Å². The zero-order chi connectivity index (χ0) is 23.1. The monoisotopic (exact) mass is 459 g/mol. The van der Waals surface area contributed by atoms with E-state index in [1.54, 1.807) is 31.2 Å². The first-order valence-corrected chi connectivity index (χ1v) is 11.2. The molecule has 1 heterocycles. The molecular weight excluding hydrogens is 433 g/mol. The van der Waals surface area contributed by atoms with Crippen LogP contribution in [0.15, 0.2) is 47.6 Å². The van der Waals surface area contributed by atoms with Crippen molar-refractivity contribution in [3.63, 3.8) is 0 Å². The van der Waals surface area contributed by atoms with Crippen molar-refractivity contribution in [2.24, 2.45) is 5.10 Å². The third kappa shape index (κ3) is 5.59. The molecule has 1 aliphatic heterocycles. The molecular formula is C23H26FN3O4S. The van der Waals surface area contributed by atoms with Gasteiger partial charge in [-0.2, -0.15) is 5.10 Å². The van der Waals surface area contributed by atoms with Crippen LogP contribution in [0.25, 0.3) is 0 Å². The number of hydrogen-bond donors (Lipinski definition) is 1. The molecule has 0 aromatic heterocycles. The summed E-state index contributed by atoms with van der Waals surface area (Å²) in [7, 11) is 1.49. The number of hydrogen-bond acceptors (Lipinski definition) is 6. The fraction of sp³-hybridized carbons (Fsp3) is 0.348. The van der Waals surface area contributed by atoms with E-state index in [-0.39, 0.29) is 28.7 Å². The number of halogens is 1. The van der Waals surface area contributed by atoms with Crippen LogP contribution >= 0.6 is 11.8 Å². The summed E-state index contributed by atoms with van der Waals surface area (Å²) in [6.07, 6.45) is 1.11. The summed E-state index contributed by atoms with van der Waals surface area (Å²) in [5.41, 5.74) is 3.04. The molecule has 0 bridgehead atoms. The van der Waals surface area contributed by atoms with Crippen LogP contribution in [-0.4, -0.2) is 41.1 Å². The van der Waals surface area contributed by atoms with E-state index in [1.165, 1.54) is 23.9 Å². The number of ether oxygens (including phenoxy) is 2. The second kappa shape index (κ2) is 11.0. The number of nitrogens with zero attached hydrogens (tertiary/aromatic N) is 2. The minimum atomic E-state index is -0.975. The smallest absolute Gasteiger partial charge is 0.302 e. The first-order chi connectivity index (χ1) is 15.5. The van der Waals surface area contributed by atoms with Crippen molar-refractivity contribution in [3.05, 3.63) is 53.6 Å². The average molecular weight is 460 g/mol. The number of carbonyl (C=O) groups is 2. The zero-order valence-electron chi connectivity index (χ0n) is 18.3. The van der Waals surface area contributed by atoms with E-state index in [1.807, 2.05) is 25.1 Å². The Morgan fingerprint density at radius 1 is 1.19 bits per heavy atom. The standard InChI is InChI=1S/C23H26FN3O4S/c1-4-20-22(16-8-11-18(30-3)19(12-16)31-14-24)26-27(23(29)32-20)13-15-6-9-17(10-7-15)25-21(28)5-2/h6-12,20H,4-5,13-14H2,1-3H3,(H,25,28). The van der Waals surface area contributed by atoms with E-state index < -0.39 is 6.86 Å². The molecule has 2 amide bonds. The zero-order valence-corrected chi connectivity index (χ0v) is 19.1. The largest absolute Gasteiger partial charge is 0.493 e. The Hall–Kier alpha value is -3.07. The number of nitrogens with one attached hydrogen (secondary N) is 1. The van der Waals surface area contributed by atoms with Crippen molar-refractivity contribution in [2.45, 2.75) is 38.5 Å². The fourth-order valence-electron chi connectivity index (χ4n) is 3.22. The van der Waals surface area contributed by atoms with Crippen LogP contribution < -0.4 is 14.8 Å².